The number of ketones is 1. The van der Waals surface area contributed by atoms with E-state index in [0.29, 0.717) is 48.6 Å². The highest BCUT2D eigenvalue weighted by Gasteiger charge is 2.32. The summed E-state index contributed by atoms with van der Waals surface area (Å²) in [7, 11) is 0. The highest BCUT2D eigenvalue weighted by Crippen LogP contribution is 2.30. The van der Waals surface area contributed by atoms with Crippen LogP contribution < -0.4 is 9.80 Å². The topological polar surface area (TPSA) is 116 Å². The Bertz CT molecular complexity index is 1120. The quantitative estimate of drug-likeness (QED) is 0.661. The molecule has 2 amide bonds. The molecule has 34 heavy (non-hydrogen) atoms. The summed E-state index contributed by atoms with van der Waals surface area (Å²) in [6.45, 7) is 1.90. The van der Waals surface area contributed by atoms with Gasteiger partial charge in [0.2, 0.25) is 0 Å². The number of amides is 2. The average molecular weight is 469 g/mol. The van der Waals surface area contributed by atoms with Crippen molar-refractivity contribution in [3.63, 3.8) is 0 Å². The van der Waals surface area contributed by atoms with Crippen molar-refractivity contribution in [1.29, 1.82) is 0 Å². The minimum atomic E-state index is -0.603. The van der Waals surface area contributed by atoms with Crippen LogP contribution in [-0.2, 0) is 14.3 Å². The molecule has 11 heteroatoms. The zero-order valence-electron chi connectivity index (χ0n) is 18.6. The fourth-order valence-corrected chi connectivity index (χ4v) is 3.76. The minimum Gasteiger partial charge on any atom is -0.444 e. The number of halogens is 1. The summed E-state index contributed by atoms with van der Waals surface area (Å²) in [5, 5.41) is 14.1. The zero-order chi connectivity index (χ0) is 24.2. The van der Waals surface area contributed by atoms with E-state index in [4.69, 9.17) is 9.84 Å². The molecular weight excluding hydrogens is 445 g/mol. The van der Waals surface area contributed by atoms with Crippen molar-refractivity contribution in [3.05, 3.63) is 42.3 Å². The van der Waals surface area contributed by atoms with Gasteiger partial charge in [-0.05, 0) is 43.7 Å². The van der Waals surface area contributed by atoms with Crippen molar-refractivity contribution in [3.8, 4) is 11.1 Å². The fourth-order valence-electron chi connectivity index (χ4n) is 3.76. The lowest BCUT2D eigenvalue weighted by Crippen LogP contribution is -2.41. The number of hydrogen-bond acceptors (Lipinski definition) is 8. The van der Waals surface area contributed by atoms with E-state index in [1.807, 2.05) is 0 Å². The Balaban J connectivity index is 1.44. The van der Waals surface area contributed by atoms with E-state index in [1.54, 1.807) is 29.2 Å². The van der Waals surface area contributed by atoms with Crippen molar-refractivity contribution in [2.24, 2.45) is 5.10 Å². The van der Waals surface area contributed by atoms with E-state index in [2.05, 4.69) is 10.1 Å². The first-order valence-corrected chi connectivity index (χ1v) is 10.8. The van der Waals surface area contributed by atoms with Gasteiger partial charge in [0, 0.05) is 30.3 Å². The number of aromatic nitrogens is 1. The van der Waals surface area contributed by atoms with Gasteiger partial charge in [-0.1, -0.05) is 0 Å². The van der Waals surface area contributed by atoms with Gasteiger partial charge in [-0.15, -0.1) is 0 Å². The Hall–Kier alpha value is -3.86. The highest BCUT2D eigenvalue weighted by molar-refractivity contribution is 5.90. The number of pyridine rings is 1. The predicted molar refractivity (Wildman–Crippen MR) is 122 cm³/mol. The van der Waals surface area contributed by atoms with Crippen LogP contribution in [0.2, 0.25) is 0 Å². The molecule has 0 unspecified atom stereocenters. The Morgan fingerprint density at radius 1 is 1.24 bits per heavy atom. The van der Waals surface area contributed by atoms with E-state index >= 15 is 0 Å². The number of carbonyl (C=O) groups is 3. The van der Waals surface area contributed by atoms with Gasteiger partial charge in [-0.2, -0.15) is 5.10 Å². The first-order chi connectivity index (χ1) is 16.4. The molecule has 0 bridgehead atoms. The van der Waals surface area contributed by atoms with Crippen molar-refractivity contribution in [2.75, 3.05) is 36.0 Å². The van der Waals surface area contributed by atoms with Gasteiger partial charge in [0.25, 0.3) is 5.91 Å². The molecule has 1 saturated heterocycles. The number of hydrogen-bond donors (Lipinski definition) is 1. The second kappa shape index (κ2) is 9.96. The van der Waals surface area contributed by atoms with E-state index in [1.165, 1.54) is 35.4 Å². The molecule has 10 nitrogen and oxygen atoms in total. The van der Waals surface area contributed by atoms with E-state index in [-0.39, 0.29) is 12.3 Å². The molecule has 1 N–H and O–H groups in total. The molecule has 178 valence electrons. The lowest BCUT2D eigenvalue weighted by molar-refractivity contribution is -0.134. The van der Waals surface area contributed by atoms with Crippen LogP contribution in [0.5, 0.6) is 0 Å². The molecule has 2 aromatic rings. The van der Waals surface area contributed by atoms with Gasteiger partial charge in [0.1, 0.15) is 36.5 Å². The molecule has 2 aliphatic rings. The van der Waals surface area contributed by atoms with Gasteiger partial charge in [-0.3, -0.25) is 9.69 Å². The standard InChI is InChI=1S/C23H24FN5O5/c1-15(31)2-5-18-12-28(23(33)34-18)17-4-6-19(20(24)10-17)16-3-7-21(25-11-16)27-8-9-29(26-14-27)22(32)13-30/h3-4,6-7,10-11,14,18,30H,2,5,8-9,12-13H2,1H3/t18-/m0/s1. The summed E-state index contributed by atoms with van der Waals surface area (Å²) < 4.78 is 20.2. The predicted octanol–water partition coefficient (Wildman–Crippen LogP) is 2.17. The highest BCUT2D eigenvalue weighted by atomic mass is 19.1. The first kappa shape index (κ1) is 23.3. The molecule has 1 aromatic heterocycles. The van der Waals surface area contributed by atoms with Crippen LogP contribution in [0.15, 0.2) is 41.6 Å². The first-order valence-electron chi connectivity index (χ1n) is 10.8. The van der Waals surface area contributed by atoms with Crippen molar-refractivity contribution >= 4 is 35.6 Å². The molecule has 2 aliphatic heterocycles. The monoisotopic (exact) mass is 469 g/mol. The van der Waals surface area contributed by atoms with Crippen LogP contribution in [0, 0.1) is 5.82 Å². The maximum absolute atomic E-state index is 14.9. The number of nitrogens with zero attached hydrogens (tertiary/aromatic N) is 5. The SMILES string of the molecule is CC(=O)CC[C@H]1CN(c2ccc(-c3ccc(N4C=NN(C(=O)CO)CC4)nc3)c(F)c2)C(=O)O1. The fraction of sp³-hybridized carbons (Fsp3) is 0.348. The number of carbonyl (C=O) groups excluding carboxylic acids is 3. The number of Topliss-reactive ketones (excluding diaryl/α,β-unsaturated/α-hetero) is 1. The van der Waals surface area contributed by atoms with Crippen LogP contribution in [0.4, 0.5) is 20.7 Å². The Morgan fingerprint density at radius 2 is 2.06 bits per heavy atom. The average Bonchev–Trinajstić information content (AvgIpc) is 3.23. The summed E-state index contributed by atoms with van der Waals surface area (Å²) in [5.41, 5.74) is 1.27. The summed E-state index contributed by atoms with van der Waals surface area (Å²) in [6, 6.07) is 7.95. The van der Waals surface area contributed by atoms with Crippen LogP contribution in [0.3, 0.4) is 0 Å². The number of aliphatic hydroxyl groups is 1. The molecule has 1 atom stereocenters. The van der Waals surface area contributed by atoms with Gasteiger partial charge < -0.3 is 19.5 Å². The second-order valence-corrected chi connectivity index (χ2v) is 8.03. The van der Waals surface area contributed by atoms with Crippen LogP contribution in [-0.4, -0.2) is 71.6 Å². The van der Waals surface area contributed by atoms with Gasteiger partial charge in [0.05, 0.1) is 18.8 Å². The number of benzene rings is 1. The third-order valence-electron chi connectivity index (χ3n) is 5.62. The summed E-state index contributed by atoms with van der Waals surface area (Å²) in [6.07, 6.45) is 2.79. The maximum atomic E-state index is 14.9. The van der Waals surface area contributed by atoms with Crippen LogP contribution in [0.1, 0.15) is 19.8 Å². The smallest absolute Gasteiger partial charge is 0.414 e. The number of cyclic esters (lactones) is 1. The van der Waals surface area contributed by atoms with Crippen molar-refractivity contribution < 1.29 is 28.6 Å². The summed E-state index contributed by atoms with van der Waals surface area (Å²) in [5.74, 6) is -0.385. The van der Waals surface area contributed by atoms with Crippen molar-refractivity contribution in [1.82, 2.24) is 9.99 Å². The molecule has 1 aromatic carbocycles. The number of aliphatic hydroxyl groups excluding tert-OH is 1. The Morgan fingerprint density at radius 3 is 2.68 bits per heavy atom. The van der Waals surface area contributed by atoms with E-state index in [0.717, 1.165) is 0 Å². The molecule has 4 rings (SSSR count). The molecule has 1 fully saturated rings. The summed E-state index contributed by atoms with van der Waals surface area (Å²) >= 11 is 0. The van der Waals surface area contributed by atoms with Gasteiger partial charge in [-0.25, -0.2) is 19.2 Å². The number of ether oxygens (including phenoxy) is 1. The number of hydrazone groups is 1. The second-order valence-electron chi connectivity index (χ2n) is 8.03. The molecule has 0 aliphatic carbocycles. The van der Waals surface area contributed by atoms with Crippen LogP contribution >= 0.6 is 0 Å². The van der Waals surface area contributed by atoms with Crippen LogP contribution in [0.25, 0.3) is 11.1 Å². The third kappa shape index (κ3) is 5.04. The maximum Gasteiger partial charge on any atom is 0.414 e. The normalized spacial score (nSPS) is 17.8. The third-order valence-corrected chi connectivity index (χ3v) is 5.62. The molecule has 0 radical (unpaired) electrons. The molecular formula is C23H24FN5O5. The molecule has 0 saturated carbocycles. The van der Waals surface area contributed by atoms with Gasteiger partial charge >= 0.3 is 6.09 Å². The van der Waals surface area contributed by atoms with E-state index in [9.17, 15) is 18.8 Å². The number of rotatable bonds is 7. The van der Waals surface area contributed by atoms with Gasteiger partial charge in [0.15, 0.2) is 0 Å². The minimum absolute atomic E-state index is 0.0240. The Labute approximate surface area is 195 Å². The largest absolute Gasteiger partial charge is 0.444 e. The molecule has 3 heterocycles. The summed E-state index contributed by atoms with van der Waals surface area (Å²) in [4.78, 5) is 42.3. The molecule has 0 spiro atoms. The van der Waals surface area contributed by atoms with Crippen molar-refractivity contribution in [2.45, 2.75) is 25.9 Å². The van der Waals surface area contributed by atoms with E-state index < -0.39 is 30.5 Å². The lowest BCUT2D eigenvalue weighted by Gasteiger charge is -2.27. The Kier molecular flexibility index (Phi) is 6.82. The lowest BCUT2D eigenvalue weighted by atomic mass is 10.1. The number of anilines is 2. The zero-order valence-corrected chi connectivity index (χ0v) is 18.6.